The molecule has 0 bridgehead atoms. The highest BCUT2D eigenvalue weighted by atomic mass is 35.5. The summed E-state index contributed by atoms with van der Waals surface area (Å²) >= 11 is 12.5. The first-order valence-corrected chi connectivity index (χ1v) is 8.72. The number of hydrogen-bond donors (Lipinski definition) is 0. The number of benzene rings is 1. The second-order valence-corrected chi connectivity index (χ2v) is 8.28. The fourth-order valence-corrected chi connectivity index (χ4v) is 4.58. The highest BCUT2D eigenvalue weighted by molar-refractivity contribution is 6.35. The molecule has 0 spiro atoms. The average molecular weight is 327 g/mol. The second-order valence-electron chi connectivity index (χ2n) is 5.52. The van der Waals surface area contributed by atoms with Gasteiger partial charge in [0.15, 0.2) is 0 Å². The zero-order valence-electron chi connectivity index (χ0n) is 11.9. The summed E-state index contributed by atoms with van der Waals surface area (Å²) < 4.78 is 2.15. The Morgan fingerprint density at radius 2 is 2.15 bits per heavy atom. The largest absolute Gasteiger partial charge is 0.337 e. The molecular formula is C15H20Cl2N2Si. The lowest BCUT2D eigenvalue weighted by Crippen LogP contribution is -2.32. The van der Waals surface area contributed by atoms with E-state index in [-0.39, 0.29) is 5.04 Å². The zero-order valence-corrected chi connectivity index (χ0v) is 15.5. The average Bonchev–Trinajstić information content (AvgIpc) is 2.88. The maximum Gasteiger partial charge on any atom is 0.0946 e. The Hall–Kier alpha value is -0.773. The smallest absolute Gasteiger partial charge is 0.0946 e. The van der Waals surface area contributed by atoms with Gasteiger partial charge in [-0.3, -0.25) is 0 Å². The molecule has 1 atom stereocenters. The van der Waals surface area contributed by atoms with Crippen LogP contribution in [0, 0.1) is 0 Å². The van der Waals surface area contributed by atoms with Crippen molar-refractivity contribution in [2.45, 2.75) is 37.8 Å². The number of hydrogen-bond acceptors (Lipinski definition) is 1. The molecule has 108 valence electrons. The van der Waals surface area contributed by atoms with Crippen LogP contribution in [0.15, 0.2) is 36.9 Å². The van der Waals surface area contributed by atoms with E-state index >= 15 is 0 Å². The van der Waals surface area contributed by atoms with Gasteiger partial charge in [-0.1, -0.05) is 49.0 Å². The lowest BCUT2D eigenvalue weighted by Gasteiger charge is -2.31. The van der Waals surface area contributed by atoms with E-state index in [1.165, 1.54) is 18.4 Å². The van der Waals surface area contributed by atoms with Crippen molar-refractivity contribution in [2.24, 2.45) is 0 Å². The molecule has 0 N–H and O–H groups in total. The third kappa shape index (κ3) is 3.66. The van der Waals surface area contributed by atoms with Gasteiger partial charge in [-0.25, -0.2) is 4.98 Å². The zero-order chi connectivity index (χ0) is 14.6. The molecule has 2 rings (SSSR count). The van der Waals surface area contributed by atoms with Crippen molar-refractivity contribution in [3.63, 3.8) is 0 Å². The standard InChI is InChI=1S/C15H20Cl2N2Si/c1-2-3-6-15(20,10-19-8-7-18-11-19)13-5-4-12(16)9-14(13)17/h4-5,7-9,11H,2-3,6,10H2,1,20H3. The molecule has 0 fully saturated rings. The summed E-state index contributed by atoms with van der Waals surface area (Å²) in [6.45, 7) is 3.16. The highest BCUT2D eigenvalue weighted by Gasteiger charge is 2.28. The van der Waals surface area contributed by atoms with Gasteiger partial charge in [0.25, 0.3) is 0 Å². The fourth-order valence-electron chi connectivity index (χ4n) is 2.63. The maximum atomic E-state index is 6.45. The Balaban J connectivity index is 2.34. The van der Waals surface area contributed by atoms with E-state index in [4.69, 9.17) is 23.2 Å². The molecule has 1 aromatic carbocycles. The van der Waals surface area contributed by atoms with Crippen LogP contribution < -0.4 is 0 Å². The molecule has 0 aliphatic heterocycles. The van der Waals surface area contributed by atoms with E-state index in [1.807, 2.05) is 30.9 Å². The Morgan fingerprint density at radius 1 is 1.35 bits per heavy atom. The van der Waals surface area contributed by atoms with Crippen LogP contribution in [0.3, 0.4) is 0 Å². The number of halogens is 2. The number of aromatic nitrogens is 2. The van der Waals surface area contributed by atoms with E-state index in [0.717, 1.165) is 28.2 Å². The first-order valence-electron chi connectivity index (χ1n) is 6.96. The second kappa shape index (κ2) is 6.79. The molecule has 0 saturated carbocycles. The van der Waals surface area contributed by atoms with Crippen molar-refractivity contribution >= 4 is 33.4 Å². The van der Waals surface area contributed by atoms with Gasteiger partial charge in [-0.2, -0.15) is 0 Å². The molecule has 20 heavy (non-hydrogen) atoms. The lowest BCUT2D eigenvalue weighted by molar-refractivity contribution is 0.450. The Kier molecular flexibility index (Phi) is 5.30. The first-order chi connectivity index (χ1) is 9.55. The first kappa shape index (κ1) is 15.6. The van der Waals surface area contributed by atoms with Crippen molar-refractivity contribution in [2.75, 3.05) is 0 Å². The van der Waals surface area contributed by atoms with E-state index in [0.29, 0.717) is 5.02 Å². The number of imidazole rings is 1. The molecule has 0 aliphatic rings. The van der Waals surface area contributed by atoms with Crippen LogP contribution in [0.2, 0.25) is 10.0 Å². The van der Waals surface area contributed by atoms with E-state index < -0.39 is 0 Å². The molecule has 5 heteroatoms. The van der Waals surface area contributed by atoms with Crippen LogP contribution in [-0.2, 0) is 11.6 Å². The van der Waals surface area contributed by atoms with Gasteiger partial charge in [0, 0.05) is 39.2 Å². The summed E-state index contributed by atoms with van der Waals surface area (Å²) in [5.41, 5.74) is 1.22. The van der Waals surface area contributed by atoms with Crippen LogP contribution in [0.25, 0.3) is 0 Å². The predicted molar refractivity (Wildman–Crippen MR) is 89.8 cm³/mol. The maximum absolute atomic E-state index is 6.45. The molecule has 0 amide bonds. The van der Waals surface area contributed by atoms with Gasteiger partial charge in [-0.15, -0.1) is 0 Å². The fraction of sp³-hybridized carbons (Fsp3) is 0.400. The van der Waals surface area contributed by atoms with Crippen molar-refractivity contribution in [1.82, 2.24) is 9.55 Å². The van der Waals surface area contributed by atoms with Crippen molar-refractivity contribution in [3.8, 4) is 0 Å². The Bertz CT molecular complexity index is 557. The number of rotatable bonds is 6. The monoisotopic (exact) mass is 326 g/mol. The van der Waals surface area contributed by atoms with Gasteiger partial charge in [0.1, 0.15) is 0 Å². The highest BCUT2D eigenvalue weighted by Crippen LogP contribution is 2.35. The van der Waals surface area contributed by atoms with Crippen LogP contribution >= 0.6 is 23.2 Å². The van der Waals surface area contributed by atoms with Gasteiger partial charge in [0.05, 0.1) is 6.33 Å². The van der Waals surface area contributed by atoms with Crippen LogP contribution in [0.5, 0.6) is 0 Å². The van der Waals surface area contributed by atoms with Gasteiger partial charge in [-0.05, 0) is 29.2 Å². The third-order valence-electron chi connectivity index (χ3n) is 3.75. The van der Waals surface area contributed by atoms with E-state index in [9.17, 15) is 0 Å². The molecule has 0 aliphatic carbocycles. The molecule has 1 aromatic heterocycles. The molecule has 0 saturated heterocycles. The van der Waals surface area contributed by atoms with Crippen LogP contribution in [0.4, 0.5) is 0 Å². The quantitative estimate of drug-likeness (QED) is 0.741. The third-order valence-corrected chi connectivity index (χ3v) is 5.66. The normalized spacial score (nSPS) is 14.3. The number of nitrogens with zero attached hydrogens (tertiary/aromatic N) is 2. The lowest BCUT2D eigenvalue weighted by atomic mass is 9.91. The van der Waals surface area contributed by atoms with Crippen molar-refractivity contribution < 1.29 is 0 Å². The molecule has 1 heterocycles. The molecule has 1 unspecified atom stereocenters. The van der Waals surface area contributed by atoms with Crippen LogP contribution in [-0.4, -0.2) is 19.8 Å². The molecule has 0 radical (unpaired) electrons. The van der Waals surface area contributed by atoms with Crippen molar-refractivity contribution in [3.05, 3.63) is 52.5 Å². The molecular weight excluding hydrogens is 307 g/mol. The Morgan fingerprint density at radius 3 is 2.75 bits per heavy atom. The van der Waals surface area contributed by atoms with Crippen LogP contribution in [0.1, 0.15) is 31.7 Å². The van der Waals surface area contributed by atoms with Gasteiger partial charge in [0.2, 0.25) is 0 Å². The van der Waals surface area contributed by atoms with E-state index in [1.54, 1.807) is 0 Å². The topological polar surface area (TPSA) is 17.8 Å². The SMILES string of the molecule is CCCCC([SiH3])(Cn1ccnc1)c1ccc(Cl)cc1Cl. The van der Waals surface area contributed by atoms with Crippen molar-refractivity contribution in [1.29, 1.82) is 0 Å². The van der Waals surface area contributed by atoms with Gasteiger partial charge >= 0.3 is 0 Å². The minimum atomic E-state index is 0.123. The summed E-state index contributed by atoms with van der Waals surface area (Å²) in [6, 6.07) is 5.88. The van der Waals surface area contributed by atoms with E-state index in [2.05, 4.69) is 22.5 Å². The summed E-state index contributed by atoms with van der Waals surface area (Å²) in [4.78, 5) is 4.14. The summed E-state index contributed by atoms with van der Waals surface area (Å²) in [5, 5.41) is 1.60. The summed E-state index contributed by atoms with van der Waals surface area (Å²) in [7, 11) is 1.04. The Labute approximate surface area is 133 Å². The summed E-state index contributed by atoms with van der Waals surface area (Å²) in [5.74, 6) is 0. The summed E-state index contributed by atoms with van der Waals surface area (Å²) in [6.07, 6.45) is 9.27. The van der Waals surface area contributed by atoms with Gasteiger partial charge < -0.3 is 4.57 Å². The predicted octanol–water partition coefficient (Wildman–Crippen LogP) is 3.64. The molecule has 2 nitrogen and oxygen atoms in total. The molecule has 2 aromatic rings. The minimum absolute atomic E-state index is 0.123. The minimum Gasteiger partial charge on any atom is -0.337 e. The number of unbranched alkanes of at least 4 members (excludes halogenated alkanes) is 1.